The second-order valence-corrected chi connectivity index (χ2v) is 3.73. The molecule has 0 bridgehead atoms. The fraction of sp³-hybridized carbons (Fsp3) is 0.222. The average Bonchev–Trinajstić information content (AvgIpc) is 2.19. The zero-order chi connectivity index (χ0) is 10.4. The van der Waals surface area contributed by atoms with Gasteiger partial charge in [-0.25, -0.2) is 4.21 Å². The summed E-state index contributed by atoms with van der Waals surface area (Å²) in [5.74, 6) is 0. The van der Waals surface area contributed by atoms with Crippen molar-refractivity contribution < 1.29 is 18.3 Å². The van der Waals surface area contributed by atoms with E-state index in [1.165, 1.54) is 0 Å². The Morgan fingerprint density at radius 3 is 2.57 bits per heavy atom. The molecule has 14 heavy (non-hydrogen) atoms. The summed E-state index contributed by atoms with van der Waals surface area (Å²) in [6.07, 6.45) is 0. The van der Waals surface area contributed by atoms with Crippen LogP contribution in [0.25, 0.3) is 0 Å². The molecule has 0 saturated heterocycles. The minimum absolute atomic E-state index is 0.0867. The monoisotopic (exact) mass is 214 g/mol. The van der Waals surface area contributed by atoms with Gasteiger partial charge in [0.25, 0.3) is 6.47 Å². The lowest BCUT2D eigenvalue weighted by molar-refractivity contribution is -0.128. The minimum Gasteiger partial charge on any atom is -0.466 e. The fourth-order valence-electron chi connectivity index (χ4n) is 1.07. The first-order valence-corrected chi connectivity index (χ1v) is 5.12. The molecular weight excluding hydrogens is 204 g/mol. The molecule has 76 valence electrons. The zero-order valence-electron chi connectivity index (χ0n) is 7.33. The Kier molecular flexibility index (Phi) is 4.28. The summed E-state index contributed by atoms with van der Waals surface area (Å²) in [6.45, 7) is 0.180. The number of ether oxygens (including phenoxy) is 1. The van der Waals surface area contributed by atoms with E-state index in [1.807, 2.05) is 0 Å². The van der Waals surface area contributed by atoms with Crippen LogP contribution in [0.5, 0.6) is 0 Å². The van der Waals surface area contributed by atoms with Gasteiger partial charge in [-0.15, -0.1) is 0 Å². The van der Waals surface area contributed by atoms with Gasteiger partial charge in [-0.05, 0) is 5.56 Å². The molecule has 0 amide bonds. The molecule has 0 aliphatic rings. The van der Waals surface area contributed by atoms with Crippen molar-refractivity contribution in [1.82, 2.24) is 0 Å². The van der Waals surface area contributed by atoms with Crippen molar-refractivity contribution in [3.05, 3.63) is 35.9 Å². The highest BCUT2D eigenvalue weighted by Gasteiger charge is 2.17. The lowest BCUT2D eigenvalue weighted by Crippen LogP contribution is -2.12. The topological polar surface area (TPSA) is 63.6 Å². The molecule has 2 atom stereocenters. The Balaban J connectivity index is 2.78. The Labute approximate surface area is 84.2 Å². The third-order valence-corrected chi connectivity index (χ3v) is 2.63. The van der Waals surface area contributed by atoms with Crippen LogP contribution in [0.3, 0.4) is 0 Å². The number of rotatable bonds is 5. The normalized spacial score (nSPS) is 14.4. The summed E-state index contributed by atoms with van der Waals surface area (Å²) in [7, 11) is 0. The lowest BCUT2D eigenvalue weighted by Gasteiger charge is -2.11. The Morgan fingerprint density at radius 2 is 2.07 bits per heavy atom. The second-order valence-electron chi connectivity index (χ2n) is 2.61. The summed E-state index contributed by atoms with van der Waals surface area (Å²) in [4.78, 5) is 9.96. The van der Waals surface area contributed by atoms with Crippen molar-refractivity contribution in [1.29, 1.82) is 0 Å². The maximum absolute atomic E-state index is 10.9. The van der Waals surface area contributed by atoms with Gasteiger partial charge in [0.2, 0.25) is 0 Å². The van der Waals surface area contributed by atoms with Crippen LogP contribution >= 0.6 is 0 Å². The van der Waals surface area contributed by atoms with Crippen molar-refractivity contribution in [3.8, 4) is 0 Å². The lowest BCUT2D eigenvalue weighted by atomic mass is 10.1. The SMILES string of the molecule is O=COCC(c1ccccc1)S(=O)O. The average molecular weight is 214 g/mol. The molecule has 4 nitrogen and oxygen atoms in total. The summed E-state index contributed by atoms with van der Waals surface area (Å²) < 4.78 is 24.4. The molecule has 1 aromatic carbocycles. The highest BCUT2D eigenvalue weighted by Crippen LogP contribution is 2.18. The molecule has 5 heteroatoms. The maximum Gasteiger partial charge on any atom is 0.293 e. The van der Waals surface area contributed by atoms with Gasteiger partial charge in [-0.3, -0.25) is 4.79 Å². The van der Waals surface area contributed by atoms with E-state index in [4.69, 9.17) is 4.55 Å². The van der Waals surface area contributed by atoms with Crippen LogP contribution in [0.2, 0.25) is 0 Å². The van der Waals surface area contributed by atoms with Crippen LogP contribution in [0, 0.1) is 0 Å². The van der Waals surface area contributed by atoms with E-state index in [0.717, 1.165) is 0 Å². The van der Waals surface area contributed by atoms with E-state index in [1.54, 1.807) is 30.3 Å². The first-order chi connectivity index (χ1) is 6.75. The second kappa shape index (κ2) is 5.51. The first-order valence-electron chi connectivity index (χ1n) is 3.95. The molecule has 0 spiro atoms. The first kappa shape index (κ1) is 10.9. The Bertz CT molecular complexity index is 312. The third kappa shape index (κ3) is 2.93. The van der Waals surface area contributed by atoms with E-state index in [0.29, 0.717) is 5.56 Å². The molecule has 0 heterocycles. The largest absolute Gasteiger partial charge is 0.466 e. The number of hydrogen-bond donors (Lipinski definition) is 1. The number of carbonyl (C=O) groups is 1. The maximum atomic E-state index is 10.9. The highest BCUT2D eigenvalue weighted by molar-refractivity contribution is 7.79. The predicted molar refractivity (Wildman–Crippen MR) is 52.0 cm³/mol. The molecule has 1 N–H and O–H groups in total. The van der Waals surface area contributed by atoms with Crippen molar-refractivity contribution in [2.45, 2.75) is 5.25 Å². The van der Waals surface area contributed by atoms with Gasteiger partial charge in [0.15, 0.2) is 11.1 Å². The van der Waals surface area contributed by atoms with Gasteiger partial charge in [0, 0.05) is 0 Å². The highest BCUT2D eigenvalue weighted by atomic mass is 32.2. The molecule has 1 aromatic rings. The van der Waals surface area contributed by atoms with E-state index < -0.39 is 16.3 Å². The Hall–Kier alpha value is -1.20. The van der Waals surface area contributed by atoms with E-state index in [9.17, 15) is 9.00 Å². The molecule has 0 aromatic heterocycles. The van der Waals surface area contributed by atoms with Crippen LogP contribution in [-0.2, 0) is 20.6 Å². The standard InChI is InChI=1S/C9H10O4S/c10-7-13-6-9(14(11)12)8-4-2-1-3-5-8/h1-5,7,9H,6H2,(H,11,12). The van der Waals surface area contributed by atoms with Gasteiger partial charge in [0.1, 0.15) is 11.9 Å². The number of carbonyl (C=O) groups excluding carboxylic acids is 1. The van der Waals surface area contributed by atoms with Crippen LogP contribution in [-0.4, -0.2) is 21.8 Å². The van der Waals surface area contributed by atoms with Crippen molar-refractivity contribution in [2.24, 2.45) is 0 Å². The van der Waals surface area contributed by atoms with E-state index >= 15 is 0 Å². The summed E-state index contributed by atoms with van der Waals surface area (Å²) in [5, 5.41) is -0.679. The van der Waals surface area contributed by atoms with Crippen LogP contribution < -0.4 is 0 Å². The fourth-order valence-corrected chi connectivity index (χ4v) is 1.65. The minimum atomic E-state index is -2.04. The van der Waals surface area contributed by atoms with Crippen molar-refractivity contribution >= 4 is 17.6 Å². The molecule has 0 fully saturated rings. The molecule has 0 radical (unpaired) electrons. The zero-order valence-corrected chi connectivity index (χ0v) is 8.15. The number of hydrogen-bond acceptors (Lipinski definition) is 3. The molecule has 0 saturated carbocycles. The smallest absolute Gasteiger partial charge is 0.293 e. The molecular formula is C9H10O4S. The van der Waals surface area contributed by atoms with Gasteiger partial charge in [-0.1, -0.05) is 30.3 Å². The quantitative estimate of drug-likeness (QED) is 0.589. The van der Waals surface area contributed by atoms with Gasteiger partial charge in [-0.2, -0.15) is 0 Å². The number of benzene rings is 1. The summed E-state index contributed by atoms with van der Waals surface area (Å²) in [5.41, 5.74) is 0.676. The van der Waals surface area contributed by atoms with Gasteiger partial charge in [0.05, 0.1) is 0 Å². The molecule has 2 unspecified atom stereocenters. The molecule has 0 aliphatic heterocycles. The van der Waals surface area contributed by atoms with Crippen LogP contribution in [0.4, 0.5) is 0 Å². The Morgan fingerprint density at radius 1 is 1.43 bits per heavy atom. The van der Waals surface area contributed by atoms with E-state index in [2.05, 4.69) is 4.74 Å². The van der Waals surface area contributed by atoms with Crippen LogP contribution in [0.1, 0.15) is 10.8 Å². The van der Waals surface area contributed by atoms with Crippen molar-refractivity contribution in [2.75, 3.05) is 6.61 Å². The molecule has 1 rings (SSSR count). The van der Waals surface area contributed by atoms with E-state index in [-0.39, 0.29) is 13.1 Å². The third-order valence-electron chi connectivity index (χ3n) is 1.73. The predicted octanol–water partition coefficient (Wildman–Crippen LogP) is 1.12. The molecule has 0 aliphatic carbocycles. The summed E-state index contributed by atoms with van der Waals surface area (Å²) in [6, 6.07) is 8.76. The van der Waals surface area contributed by atoms with Gasteiger partial charge >= 0.3 is 0 Å². The summed E-state index contributed by atoms with van der Waals surface area (Å²) >= 11 is -2.04. The van der Waals surface area contributed by atoms with Crippen LogP contribution in [0.15, 0.2) is 30.3 Å². The van der Waals surface area contributed by atoms with Crippen molar-refractivity contribution in [3.63, 3.8) is 0 Å². The van der Waals surface area contributed by atoms with Gasteiger partial charge < -0.3 is 9.29 Å².